The maximum atomic E-state index is 12.0. The van der Waals surface area contributed by atoms with Gasteiger partial charge in [-0.25, -0.2) is 13.1 Å². The Labute approximate surface area is 120 Å². The lowest BCUT2D eigenvalue weighted by molar-refractivity contribution is 0.187. The molecule has 0 spiro atoms. The number of sulfonamides is 1. The highest BCUT2D eigenvalue weighted by Gasteiger charge is 2.16. The maximum absolute atomic E-state index is 12.0. The van der Waals surface area contributed by atoms with Crippen molar-refractivity contribution in [2.24, 2.45) is 5.92 Å². The van der Waals surface area contributed by atoms with Gasteiger partial charge in [0.15, 0.2) is 0 Å². The first-order valence-corrected chi connectivity index (χ1v) is 8.40. The molecule has 0 saturated carbocycles. The first-order valence-electron chi connectivity index (χ1n) is 6.91. The number of hydrogen-bond acceptors (Lipinski definition) is 4. The normalized spacial score (nSPS) is 19.4. The molecule has 5 nitrogen and oxygen atoms in total. The van der Waals surface area contributed by atoms with Gasteiger partial charge in [-0.15, -0.1) is 0 Å². The van der Waals surface area contributed by atoms with E-state index in [1.807, 2.05) is 0 Å². The number of anilines is 1. The average molecular weight is 298 g/mol. The lowest BCUT2D eigenvalue weighted by Gasteiger charge is -2.12. The van der Waals surface area contributed by atoms with Crippen LogP contribution >= 0.6 is 0 Å². The quantitative estimate of drug-likeness (QED) is 0.840. The first kappa shape index (κ1) is 15.3. The molecule has 112 valence electrons. The first-order chi connectivity index (χ1) is 9.47. The lowest BCUT2D eigenvalue weighted by atomic mass is 10.1. The number of ether oxygens (including phenoxy) is 1. The molecule has 2 rings (SSSR count). The Bertz CT molecular complexity index is 520. The van der Waals surface area contributed by atoms with E-state index < -0.39 is 10.0 Å². The molecular formula is C14H22N2O3S. The number of rotatable bonds is 6. The van der Waals surface area contributed by atoms with Crippen LogP contribution in [0.5, 0.6) is 0 Å². The molecule has 6 heteroatoms. The molecule has 1 unspecified atom stereocenters. The van der Waals surface area contributed by atoms with Crippen molar-refractivity contribution in [2.75, 3.05) is 25.1 Å². The molecular weight excluding hydrogens is 276 g/mol. The standard InChI is InChI=1S/C14H22N2O3S/c1-11(2)16-20(17,18)14-5-3-13(4-6-14)15-9-12-7-8-19-10-12/h3-6,11-12,15-16H,7-10H2,1-2H3. The minimum atomic E-state index is -3.40. The zero-order valence-electron chi connectivity index (χ0n) is 11.9. The van der Waals surface area contributed by atoms with Crippen LogP contribution in [-0.2, 0) is 14.8 Å². The summed E-state index contributed by atoms with van der Waals surface area (Å²) >= 11 is 0. The summed E-state index contributed by atoms with van der Waals surface area (Å²) in [6.07, 6.45) is 1.08. The minimum absolute atomic E-state index is 0.111. The predicted molar refractivity (Wildman–Crippen MR) is 79.3 cm³/mol. The molecule has 0 bridgehead atoms. The van der Waals surface area contributed by atoms with E-state index in [1.165, 1.54) is 0 Å². The van der Waals surface area contributed by atoms with Crippen molar-refractivity contribution in [1.29, 1.82) is 0 Å². The van der Waals surface area contributed by atoms with Gasteiger partial charge < -0.3 is 10.1 Å². The van der Waals surface area contributed by atoms with E-state index >= 15 is 0 Å². The van der Waals surface area contributed by atoms with Gasteiger partial charge in [0.25, 0.3) is 0 Å². The summed E-state index contributed by atoms with van der Waals surface area (Å²) in [7, 11) is -3.40. The van der Waals surface area contributed by atoms with Crippen LogP contribution in [0.3, 0.4) is 0 Å². The number of hydrogen-bond donors (Lipinski definition) is 2. The van der Waals surface area contributed by atoms with Gasteiger partial charge in [-0.05, 0) is 44.5 Å². The molecule has 1 aromatic carbocycles. The summed E-state index contributed by atoms with van der Waals surface area (Å²) in [5, 5.41) is 3.31. The molecule has 2 N–H and O–H groups in total. The van der Waals surface area contributed by atoms with Crippen LogP contribution in [0.25, 0.3) is 0 Å². The second kappa shape index (κ2) is 6.56. The Hall–Kier alpha value is -1.11. The largest absolute Gasteiger partial charge is 0.385 e. The van der Waals surface area contributed by atoms with Crippen LogP contribution in [0.4, 0.5) is 5.69 Å². The SMILES string of the molecule is CC(C)NS(=O)(=O)c1ccc(NCC2CCOC2)cc1. The Morgan fingerprint density at radius 1 is 1.30 bits per heavy atom. The fourth-order valence-electron chi connectivity index (χ4n) is 2.14. The monoisotopic (exact) mass is 298 g/mol. The maximum Gasteiger partial charge on any atom is 0.240 e. The highest BCUT2D eigenvalue weighted by atomic mass is 32.2. The van der Waals surface area contributed by atoms with Crippen molar-refractivity contribution in [3.63, 3.8) is 0 Å². The van der Waals surface area contributed by atoms with Crippen LogP contribution in [0, 0.1) is 5.92 Å². The molecule has 20 heavy (non-hydrogen) atoms. The molecule has 0 aromatic heterocycles. The molecule has 1 saturated heterocycles. The van der Waals surface area contributed by atoms with Crippen LogP contribution in [0.15, 0.2) is 29.2 Å². The van der Waals surface area contributed by atoms with E-state index in [-0.39, 0.29) is 6.04 Å². The van der Waals surface area contributed by atoms with Crippen LogP contribution in [-0.4, -0.2) is 34.2 Å². The van der Waals surface area contributed by atoms with Crippen molar-refractivity contribution < 1.29 is 13.2 Å². The topological polar surface area (TPSA) is 67.4 Å². The number of benzene rings is 1. The van der Waals surface area contributed by atoms with Crippen molar-refractivity contribution in [2.45, 2.75) is 31.2 Å². The van der Waals surface area contributed by atoms with E-state index in [0.717, 1.165) is 31.9 Å². The molecule has 1 aromatic rings. The highest BCUT2D eigenvalue weighted by molar-refractivity contribution is 7.89. The third-order valence-electron chi connectivity index (χ3n) is 3.17. The third-order valence-corrected chi connectivity index (χ3v) is 4.85. The number of nitrogens with one attached hydrogen (secondary N) is 2. The molecule has 1 aliphatic heterocycles. The summed E-state index contributed by atoms with van der Waals surface area (Å²) in [6.45, 7) is 6.10. The van der Waals surface area contributed by atoms with Gasteiger partial charge in [0.1, 0.15) is 0 Å². The second-order valence-corrected chi connectivity index (χ2v) is 7.12. The zero-order chi connectivity index (χ0) is 14.6. The molecule has 1 fully saturated rings. The highest BCUT2D eigenvalue weighted by Crippen LogP contribution is 2.17. The van der Waals surface area contributed by atoms with Crippen molar-refractivity contribution >= 4 is 15.7 Å². The van der Waals surface area contributed by atoms with E-state index in [9.17, 15) is 8.42 Å². The van der Waals surface area contributed by atoms with Crippen LogP contribution < -0.4 is 10.0 Å². The van der Waals surface area contributed by atoms with Gasteiger partial charge in [0.2, 0.25) is 10.0 Å². The molecule has 0 amide bonds. The fourth-order valence-corrected chi connectivity index (χ4v) is 3.39. The molecule has 1 aliphatic rings. The Balaban J connectivity index is 1.95. The summed E-state index contributed by atoms with van der Waals surface area (Å²) in [4.78, 5) is 0.293. The predicted octanol–water partition coefficient (Wildman–Crippen LogP) is 1.82. The van der Waals surface area contributed by atoms with E-state index in [0.29, 0.717) is 10.8 Å². The van der Waals surface area contributed by atoms with Crippen molar-refractivity contribution in [3.8, 4) is 0 Å². The van der Waals surface area contributed by atoms with Gasteiger partial charge in [0, 0.05) is 30.8 Å². The minimum Gasteiger partial charge on any atom is -0.385 e. The van der Waals surface area contributed by atoms with E-state index in [1.54, 1.807) is 38.1 Å². The van der Waals surface area contributed by atoms with Crippen LogP contribution in [0.2, 0.25) is 0 Å². The fraction of sp³-hybridized carbons (Fsp3) is 0.571. The Morgan fingerprint density at radius 3 is 2.55 bits per heavy atom. The average Bonchev–Trinajstić information content (AvgIpc) is 2.88. The molecule has 0 aliphatic carbocycles. The van der Waals surface area contributed by atoms with Gasteiger partial charge in [-0.1, -0.05) is 0 Å². The van der Waals surface area contributed by atoms with Gasteiger partial charge >= 0.3 is 0 Å². The summed E-state index contributed by atoms with van der Waals surface area (Å²) < 4.78 is 31.8. The van der Waals surface area contributed by atoms with Crippen LogP contribution in [0.1, 0.15) is 20.3 Å². The second-order valence-electron chi connectivity index (χ2n) is 5.41. The van der Waals surface area contributed by atoms with Gasteiger partial charge in [-0.2, -0.15) is 0 Å². The Morgan fingerprint density at radius 2 is 2.00 bits per heavy atom. The summed E-state index contributed by atoms with van der Waals surface area (Å²) in [5.41, 5.74) is 0.931. The lowest BCUT2D eigenvalue weighted by Crippen LogP contribution is -2.30. The zero-order valence-corrected chi connectivity index (χ0v) is 12.7. The van der Waals surface area contributed by atoms with Gasteiger partial charge in [-0.3, -0.25) is 0 Å². The van der Waals surface area contributed by atoms with Crippen molar-refractivity contribution in [3.05, 3.63) is 24.3 Å². The van der Waals surface area contributed by atoms with E-state index in [2.05, 4.69) is 10.0 Å². The Kier molecular flexibility index (Phi) is 5.01. The molecule has 0 radical (unpaired) electrons. The summed E-state index contributed by atoms with van der Waals surface area (Å²) in [5.74, 6) is 0.543. The third kappa shape index (κ3) is 4.19. The van der Waals surface area contributed by atoms with E-state index in [4.69, 9.17) is 4.74 Å². The molecule has 1 atom stereocenters. The van der Waals surface area contributed by atoms with Gasteiger partial charge in [0.05, 0.1) is 11.5 Å². The smallest absolute Gasteiger partial charge is 0.240 e. The van der Waals surface area contributed by atoms with Crippen molar-refractivity contribution in [1.82, 2.24) is 4.72 Å². The summed E-state index contributed by atoms with van der Waals surface area (Å²) in [6, 6.07) is 6.73. The molecule has 1 heterocycles.